The zero-order chi connectivity index (χ0) is 15.1. The van der Waals surface area contributed by atoms with E-state index in [4.69, 9.17) is 11.6 Å². The van der Waals surface area contributed by atoms with E-state index in [2.05, 4.69) is 5.32 Å². The van der Waals surface area contributed by atoms with Gasteiger partial charge in [-0.05, 0) is 18.6 Å². The molecular weight excluding hydrogens is 315 g/mol. The lowest BCUT2D eigenvalue weighted by atomic mass is 10.2. The van der Waals surface area contributed by atoms with Gasteiger partial charge in [-0.3, -0.25) is 9.59 Å². The van der Waals surface area contributed by atoms with E-state index < -0.39 is 17.8 Å². The van der Waals surface area contributed by atoms with Crippen molar-refractivity contribution in [2.24, 2.45) is 0 Å². The van der Waals surface area contributed by atoms with Crippen molar-refractivity contribution in [1.82, 2.24) is 10.2 Å². The second-order valence-electron chi connectivity index (χ2n) is 4.93. The number of rotatable bonds is 2. The first kappa shape index (κ1) is 14.3. The molecule has 0 radical (unpaired) electrons. The predicted molar refractivity (Wildman–Crippen MR) is 80.3 cm³/mol. The van der Waals surface area contributed by atoms with Gasteiger partial charge in [0.15, 0.2) is 0 Å². The second kappa shape index (κ2) is 5.27. The SMILES string of the molecule is CN1CC[C@H](NC(=O)c2sc3cccc(F)c3c2Cl)C1=O. The number of nitrogens with zero attached hydrogens (tertiary/aromatic N) is 1. The maximum atomic E-state index is 13.8. The molecule has 1 aliphatic rings. The van der Waals surface area contributed by atoms with E-state index >= 15 is 0 Å². The summed E-state index contributed by atoms with van der Waals surface area (Å²) in [7, 11) is 1.69. The van der Waals surface area contributed by atoms with Crippen molar-refractivity contribution in [3.63, 3.8) is 0 Å². The van der Waals surface area contributed by atoms with Crippen LogP contribution in [0.1, 0.15) is 16.1 Å². The molecule has 110 valence electrons. The summed E-state index contributed by atoms with van der Waals surface area (Å²) < 4.78 is 14.4. The van der Waals surface area contributed by atoms with Gasteiger partial charge in [0.05, 0.1) is 5.02 Å². The van der Waals surface area contributed by atoms with Crippen LogP contribution in [0.4, 0.5) is 4.39 Å². The van der Waals surface area contributed by atoms with E-state index in [0.29, 0.717) is 17.7 Å². The molecule has 1 aromatic carbocycles. The molecule has 2 amide bonds. The molecule has 2 aromatic rings. The number of halogens is 2. The van der Waals surface area contributed by atoms with Crippen LogP contribution in [0.15, 0.2) is 18.2 Å². The first-order valence-corrected chi connectivity index (χ1v) is 7.61. The Morgan fingerprint density at radius 3 is 2.90 bits per heavy atom. The highest BCUT2D eigenvalue weighted by Gasteiger charge is 2.31. The summed E-state index contributed by atoms with van der Waals surface area (Å²) in [4.78, 5) is 25.9. The van der Waals surface area contributed by atoms with E-state index in [9.17, 15) is 14.0 Å². The average Bonchev–Trinajstić information content (AvgIpc) is 2.95. The van der Waals surface area contributed by atoms with Gasteiger partial charge in [0, 0.05) is 23.7 Å². The van der Waals surface area contributed by atoms with Gasteiger partial charge in [0.1, 0.15) is 16.7 Å². The van der Waals surface area contributed by atoms with Crippen molar-refractivity contribution >= 4 is 44.8 Å². The van der Waals surface area contributed by atoms with E-state index in [1.54, 1.807) is 24.1 Å². The lowest BCUT2D eigenvalue weighted by Gasteiger charge is -2.11. The molecule has 0 spiro atoms. The number of hydrogen-bond acceptors (Lipinski definition) is 3. The average molecular weight is 327 g/mol. The Bertz CT molecular complexity index is 746. The third-order valence-corrected chi connectivity index (χ3v) is 5.19. The van der Waals surface area contributed by atoms with E-state index in [1.165, 1.54) is 6.07 Å². The molecule has 0 saturated carbocycles. The largest absolute Gasteiger partial charge is 0.344 e. The highest BCUT2D eigenvalue weighted by atomic mass is 35.5. The predicted octanol–water partition coefficient (Wildman–Crippen LogP) is 2.65. The van der Waals surface area contributed by atoms with Gasteiger partial charge in [0.2, 0.25) is 5.91 Å². The molecule has 3 rings (SSSR count). The van der Waals surface area contributed by atoms with Crippen LogP contribution in [0, 0.1) is 5.82 Å². The normalized spacial score (nSPS) is 18.5. The van der Waals surface area contributed by atoms with Crippen LogP contribution >= 0.6 is 22.9 Å². The standard InChI is InChI=1S/C14H12ClFN2O2S/c1-18-6-5-8(14(18)20)17-13(19)12-11(15)10-7(16)3-2-4-9(10)21-12/h2-4,8H,5-6H2,1H3,(H,17,19)/t8-/m0/s1. The zero-order valence-electron chi connectivity index (χ0n) is 11.2. The molecule has 0 bridgehead atoms. The second-order valence-corrected chi connectivity index (χ2v) is 6.36. The molecule has 1 aromatic heterocycles. The van der Waals surface area contributed by atoms with Gasteiger partial charge in [-0.2, -0.15) is 0 Å². The molecule has 1 N–H and O–H groups in total. The molecule has 21 heavy (non-hydrogen) atoms. The molecule has 0 unspecified atom stereocenters. The van der Waals surface area contributed by atoms with E-state index in [-0.39, 0.29) is 21.2 Å². The fourth-order valence-electron chi connectivity index (χ4n) is 2.40. The molecule has 4 nitrogen and oxygen atoms in total. The van der Waals surface area contributed by atoms with Crippen LogP contribution in [-0.2, 0) is 4.79 Å². The van der Waals surface area contributed by atoms with Gasteiger partial charge in [-0.15, -0.1) is 11.3 Å². The molecule has 1 fully saturated rings. The number of fused-ring (bicyclic) bond motifs is 1. The van der Waals surface area contributed by atoms with Crippen LogP contribution in [0.3, 0.4) is 0 Å². The van der Waals surface area contributed by atoms with Crippen LogP contribution in [0.25, 0.3) is 10.1 Å². The summed E-state index contributed by atoms with van der Waals surface area (Å²) >= 11 is 7.24. The number of carbonyl (C=O) groups is 2. The van der Waals surface area contributed by atoms with Crippen LogP contribution < -0.4 is 5.32 Å². The lowest BCUT2D eigenvalue weighted by Crippen LogP contribution is -2.40. The third-order valence-electron chi connectivity index (χ3n) is 3.55. The fourth-order valence-corrected chi connectivity index (χ4v) is 3.86. The summed E-state index contributed by atoms with van der Waals surface area (Å²) in [6.07, 6.45) is 0.567. The minimum atomic E-state index is -0.534. The number of likely N-dealkylation sites (tertiary alicyclic amines) is 1. The molecule has 2 heterocycles. The van der Waals surface area contributed by atoms with Crippen LogP contribution in [0.5, 0.6) is 0 Å². The van der Waals surface area contributed by atoms with Crippen LogP contribution in [-0.4, -0.2) is 36.3 Å². The smallest absolute Gasteiger partial charge is 0.263 e. The van der Waals surface area contributed by atoms with Gasteiger partial charge in [-0.1, -0.05) is 17.7 Å². The van der Waals surface area contributed by atoms with Crippen LogP contribution in [0.2, 0.25) is 5.02 Å². The highest BCUT2D eigenvalue weighted by Crippen LogP contribution is 2.36. The number of likely N-dealkylation sites (N-methyl/N-ethyl adjacent to an activating group) is 1. The number of benzene rings is 1. The topological polar surface area (TPSA) is 49.4 Å². The van der Waals surface area contributed by atoms with E-state index in [0.717, 1.165) is 11.3 Å². The first-order chi connectivity index (χ1) is 9.99. The molecule has 7 heteroatoms. The minimum Gasteiger partial charge on any atom is -0.344 e. The summed E-state index contributed by atoms with van der Waals surface area (Å²) in [5.41, 5.74) is 0. The van der Waals surface area contributed by atoms with Crippen molar-refractivity contribution < 1.29 is 14.0 Å². The molecule has 1 aliphatic heterocycles. The number of hydrogen-bond donors (Lipinski definition) is 1. The maximum Gasteiger partial charge on any atom is 0.263 e. The van der Waals surface area contributed by atoms with Gasteiger partial charge in [0.25, 0.3) is 5.91 Å². The number of carbonyl (C=O) groups excluding carboxylic acids is 2. The Labute approximate surface area is 129 Å². The maximum absolute atomic E-state index is 13.8. The Morgan fingerprint density at radius 2 is 2.29 bits per heavy atom. The van der Waals surface area contributed by atoms with Crippen molar-refractivity contribution in [1.29, 1.82) is 0 Å². The first-order valence-electron chi connectivity index (χ1n) is 6.41. The molecular formula is C14H12ClFN2O2S. The summed E-state index contributed by atoms with van der Waals surface area (Å²) in [6.45, 7) is 0.610. The number of amides is 2. The van der Waals surface area contributed by atoms with Crippen molar-refractivity contribution in [2.45, 2.75) is 12.5 Å². The number of nitrogens with one attached hydrogen (secondary N) is 1. The Hall–Kier alpha value is -1.66. The summed E-state index contributed by atoms with van der Waals surface area (Å²) in [6, 6.07) is 4.05. The highest BCUT2D eigenvalue weighted by molar-refractivity contribution is 7.21. The zero-order valence-corrected chi connectivity index (χ0v) is 12.7. The van der Waals surface area contributed by atoms with Gasteiger partial charge in [-0.25, -0.2) is 4.39 Å². The molecule has 1 saturated heterocycles. The Morgan fingerprint density at radius 1 is 1.52 bits per heavy atom. The van der Waals surface area contributed by atoms with E-state index in [1.807, 2.05) is 0 Å². The Balaban J connectivity index is 1.90. The summed E-state index contributed by atoms with van der Waals surface area (Å²) in [5, 5.41) is 3.03. The monoisotopic (exact) mass is 326 g/mol. The van der Waals surface area contributed by atoms with Crippen molar-refractivity contribution in [3.05, 3.63) is 33.9 Å². The van der Waals surface area contributed by atoms with Crippen molar-refractivity contribution in [3.8, 4) is 0 Å². The molecule has 1 atom stereocenters. The number of thiophene rings is 1. The quantitative estimate of drug-likeness (QED) is 0.922. The fraction of sp³-hybridized carbons (Fsp3) is 0.286. The van der Waals surface area contributed by atoms with Gasteiger partial charge < -0.3 is 10.2 Å². The third kappa shape index (κ3) is 2.38. The minimum absolute atomic E-state index is 0.101. The molecule has 0 aliphatic carbocycles. The van der Waals surface area contributed by atoms with Gasteiger partial charge >= 0.3 is 0 Å². The lowest BCUT2D eigenvalue weighted by molar-refractivity contribution is -0.128. The summed E-state index contributed by atoms with van der Waals surface area (Å²) in [5.74, 6) is -1.01. The van der Waals surface area contributed by atoms with Crippen molar-refractivity contribution in [2.75, 3.05) is 13.6 Å². The Kier molecular flexibility index (Phi) is 3.59.